The second-order valence-corrected chi connectivity index (χ2v) is 9.84. The molecule has 4 rings (SSSR count). The van der Waals surface area contributed by atoms with Crippen molar-refractivity contribution < 1.29 is 13.2 Å². The Morgan fingerprint density at radius 1 is 1.32 bits per heavy atom. The minimum Gasteiger partial charge on any atom is -0.336 e. The fourth-order valence-corrected chi connectivity index (χ4v) is 5.89. The molecule has 2 fully saturated rings. The van der Waals surface area contributed by atoms with Gasteiger partial charge in [-0.25, -0.2) is 13.4 Å². The van der Waals surface area contributed by atoms with E-state index in [0.29, 0.717) is 16.6 Å². The molecular weight excluding hydrogens is 362 g/mol. The molecule has 1 saturated carbocycles. The highest BCUT2D eigenvalue weighted by molar-refractivity contribution is 7.91. The first-order valence-corrected chi connectivity index (χ1v) is 11.1. The molecule has 0 spiro atoms. The van der Waals surface area contributed by atoms with Crippen molar-refractivity contribution in [2.75, 3.05) is 11.5 Å². The molecule has 0 N–H and O–H groups in total. The topological polar surface area (TPSA) is 89.3 Å². The lowest BCUT2D eigenvalue weighted by molar-refractivity contribution is -0.134. The second kappa shape index (κ2) is 6.21. The van der Waals surface area contributed by atoms with Gasteiger partial charge in [0.05, 0.1) is 23.2 Å². The quantitative estimate of drug-likeness (QED) is 0.772. The summed E-state index contributed by atoms with van der Waals surface area (Å²) in [6, 6.07) is 1.70. The Hall–Kier alpha value is -1.74. The summed E-state index contributed by atoms with van der Waals surface area (Å²) < 4.78 is 24.9. The SMILES string of the molecule is O=C(CCn1cnc2sccc2c1=O)N(C1CC1)C1CCS(=O)(=O)C1. The molecule has 2 aliphatic rings. The van der Waals surface area contributed by atoms with E-state index in [1.165, 1.54) is 22.2 Å². The Balaban J connectivity index is 1.48. The molecule has 0 radical (unpaired) electrons. The number of rotatable bonds is 5. The lowest BCUT2D eigenvalue weighted by Gasteiger charge is -2.28. The Morgan fingerprint density at radius 3 is 2.80 bits per heavy atom. The van der Waals surface area contributed by atoms with E-state index >= 15 is 0 Å². The van der Waals surface area contributed by atoms with Gasteiger partial charge in [-0.15, -0.1) is 11.3 Å². The Kier molecular flexibility index (Phi) is 4.15. The number of carbonyl (C=O) groups is 1. The molecule has 0 bridgehead atoms. The minimum atomic E-state index is -3.03. The number of hydrogen-bond acceptors (Lipinski definition) is 6. The number of hydrogen-bond donors (Lipinski definition) is 0. The zero-order chi connectivity index (χ0) is 17.6. The first-order chi connectivity index (χ1) is 11.9. The molecule has 1 atom stereocenters. The average Bonchev–Trinajstić information content (AvgIpc) is 3.14. The van der Waals surface area contributed by atoms with Crippen LogP contribution in [0.3, 0.4) is 0 Å². The van der Waals surface area contributed by atoms with E-state index in [-0.39, 0.29) is 48.0 Å². The van der Waals surface area contributed by atoms with E-state index in [0.717, 1.165) is 12.8 Å². The van der Waals surface area contributed by atoms with Crippen LogP contribution in [0.1, 0.15) is 25.7 Å². The van der Waals surface area contributed by atoms with Crippen LogP contribution >= 0.6 is 11.3 Å². The Morgan fingerprint density at radius 2 is 2.12 bits per heavy atom. The van der Waals surface area contributed by atoms with E-state index in [1.54, 1.807) is 11.0 Å². The van der Waals surface area contributed by atoms with Crippen LogP contribution < -0.4 is 5.56 Å². The van der Waals surface area contributed by atoms with E-state index in [1.807, 2.05) is 5.38 Å². The number of sulfone groups is 1. The highest BCUT2D eigenvalue weighted by Crippen LogP contribution is 2.32. The number of thiophene rings is 1. The molecule has 1 aliphatic heterocycles. The van der Waals surface area contributed by atoms with Crippen molar-refractivity contribution >= 4 is 37.3 Å². The molecule has 9 heteroatoms. The van der Waals surface area contributed by atoms with Crippen molar-refractivity contribution in [2.45, 2.75) is 44.3 Å². The largest absolute Gasteiger partial charge is 0.336 e. The van der Waals surface area contributed by atoms with Crippen LogP contribution in [0.5, 0.6) is 0 Å². The first kappa shape index (κ1) is 16.7. The van der Waals surface area contributed by atoms with Crippen molar-refractivity contribution in [1.82, 2.24) is 14.5 Å². The van der Waals surface area contributed by atoms with Gasteiger partial charge < -0.3 is 4.90 Å². The van der Waals surface area contributed by atoms with E-state index in [9.17, 15) is 18.0 Å². The molecule has 0 aromatic carbocycles. The van der Waals surface area contributed by atoms with E-state index in [4.69, 9.17) is 0 Å². The maximum Gasteiger partial charge on any atom is 0.262 e. The smallest absolute Gasteiger partial charge is 0.262 e. The fraction of sp³-hybridized carbons (Fsp3) is 0.562. The molecule has 2 aromatic rings. The standard InChI is InChI=1S/C16H19N3O4S2/c20-14(19(11-1-2-11)12-5-8-25(22,23)9-12)3-6-18-10-17-15-13(16(18)21)4-7-24-15/h4,7,10-12H,1-3,5-6,8-9H2. The van der Waals surface area contributed by atoms with Crippen molar-refractivity contribution in [2.24, 2.45) is 0 Å². The molecule has 1 saturated heterocycles. The van der Waals surface area contributed by atoms with Gasteiger partial charge in [-0.05, 0) is 30.7 Å². The zero-order valence-corrected chi connectivity index (χ0v) is 15.3. The van der Waals surface area contributed by atoms with Gasteiger partial charge in [-0.2, -0.15) is 0 Å². The third-order valence-corrected chi connectivity index (χ3v) is 7.42. The number of nitrogens with zero attached hydrogens (tertiary/aromatic N) is 3. The summed E-state index contributed by atoms with van der Waals surface area (Å²) in [7, 11) is -3.03. The van der Waals surface area contributed by atoms with Gasteiger partial charge in [-0.3, -0.25) is 14.2 Å². The predicted octanol–water partition coefficient (Wildman–Crippen LogP) is 1.03. The van der Waals surface area contributed by atoms with Crippen LogP contribution in [0.15, 0.2) is 22.6 Å². The first-order valence-electron chi connectivity index (χ1n) is 8.39. The van der Waals surface area contributed by atoms with Gasteiger partial charge in [0.25, 0.3) is 5.56 Å². The fourth-order valence-electron chi connectivity index (χ4n) is 3.45. The molecule has 2 aromatic heterocycles. The number of carbonyl (C=O) groups excluding carboxylic acids is 1. The molecule has 1 aliphatic carbocycles. The van der Waals surface area contributed by atoms with Crippen LogP contribution in [0.4, 0.5) is 0 Å². The van der Waals surface area contributed by atoms with Gasteiger partial charge >= 0.3 is 0 Å². The molecule has 3 heterocycles. The molecule has 134 valence electrons. The summed E-state index contributed by atoms with van der Waals surface area (Å²) in [6.07, 6.45) is 4.06. The summed E-state index contributed by atoms with van der Waals surface area (Å²) >= 11 is 1.41. The number of fused-ring (bicyclic) bond motifs is 1. The van der Waals surface area contributed by atoms with Crippen LogP contribution in [0, 0.1) is 0 Å². The number of amides is 1. The van der Waals surface area contributed by atoms with Crippen LogP contribution in [-0.2, 0) is 21.2 Å². The average molecular weight is 381 g/mol. The maximum atomic E-state index is 12.7. The van der Waals surface area contributed by atoms with E-state index < -0.39 is 9.84 Å². The van der Waals surface area contributed by atoms with Crippen molar-refractivity contribution in [3.05, 3.63) is 28.1 Å². The van der Waals surface area contributed by atoms with Crippen molar-refractivity contribution in [1.29, 1.82) is 0 Å². The normalized spacial score (nSPS) is 22.3. The molecule has 7 nitrogen and oxygen atoms in total. The zero-order valence-electron chi connectivity index (χ0n) is 13.6. The van der Waals surface area contributed by atoms with Gasteiger partial charge in [0.1, 0.15) is 4.83 Å². The molecular formula is C16H19N3O4S2. The Labute approximate surface area is 149 Å². The third-order valence-electron chi connectivity index (χ3n) is 4.85. The molecule has 1 unspecified atom stereocenters. The highest BCUT2D eigenvalue weighted by Gasteiger charge is 2.41. The summed E-state index contributed by atoms with van der Waals surface area (Å²) in [6.45, 7) is 0.263. The Bertz CT molecular complexity index is 975. The van der Waals surface area contributed by atoms with Gasteiger partial charge in [0.15, 0.2) is 9.84 Å². The summed E-state index contributed by atoms with van der Waals surface area (Å²) in [5, 5.41) is 2.39. The summed E-state index contributed by atoms with van der Waals surface area (Å²) in [5.74, 6) is 0.158. The second-order valence-electron chi connectivity index (χ2n) is 6.72. The molecule has 25 heavy (non-hydrogen) atoms. The third kappa shape index (κ3) is 3.35. The number of aromatic nitrogens is 2. The number of aryl methyl sites for hydroxylation is 1. The van der Waals surface area contributed by atoms with Crippen molar-refractivity contribution in [3.63, 3.8) is 0 Å². The van der Waals surface area contributed by atoms with E-state index in [2.05, 4.69) is 4.98 Å². The van der Waals surface area contributed by atoms with Gasteiger partial charge in [0.2, 0.25) is 5.91 Å². The lowest BCUT2D eigenvalue weighted by atomic mass is 10.2. The van der Waals surface area contributed by atoms with Crippen LogP contribution in [0.25, 0.3) is 10.2 Å². The summed E-state index contributed by atoms with van der Waals surface area (Å²) in [5.41, 5.74) is -0.138. The highest BCUT2D eigenvalue weighted by atomic mass is 32.2. The van der Waals surface area contributed by atoms with Crippen LogP contribution in [-0.4, -0.2) is 52.4 Å². The molecule has 1 amide bonds. The minimum absolute atomic E-state index is 0.0671. The maximum absolute atomic E-state index is 12.7. The summed E-state index contributed by atoms with van der Waals surface area (Å²) in [4.78, 5) is 31.8. The van der Waals surface area contributed by atoms with Gasteiger partial charge in [0, 0.05) is 25.0 Å². The lowest BCUT2D eigenvalue weighted by Crippen LogP contribution is -2.43. The van der Waals surface area contributed by atoms with Crippen molar-refractivity contribution in [3.8, 4) is 0 Å². The monoisotopic (exact) mass is 381 g/mol. The van der Waals surface area contributed by atoms with Gasteiger partial charge in [-0.1, -0.05) is 0 Å². The van der Waals surface area contributed by atoms with Crippen LogP contribution in [0.2, 0.25) is 0 Å². The predicted molar refractivity (Wildman–Crippen MR) is 95.4 cm³/mol.